The lowest BCUT2D eigenvalue weighted by Crippen LogP contribution is -2.23. The van der Waals surface area contributed by atoms with Crippen molar-refractivity contribution in [2.75, 3.05) is 6.54 Å². The van der Waals surface area contributed by atoms with Gasteiger partial charge in [-0.15, -0.1) is 6.58 Å². The molecule has 1 amide bonds. The minimum Gasteiger partial charge on any atom is -0.349 e. The van der Waals surface area contributed by atoms with Gasteiger partial charge in [-0.2, -0.15) is 0 Å². The van der Waals surface area contributed by atoms with Gasteiger partial charge in [-0.1, -0.05) is 6.08 Å². The maximum atomic E-state index is 11.3. The third kappa shape index (κ3) is 2.99. The van der Waals surface area contributed by atoms with Crippen LogP contribution in [0.15, 0.2) is 35.6 Å². The molecule has 0 aliphatic rings. The first-order valence-corrected chi connectivity index (χ1v) is 4.53. The Bertz CT molecular complexity index is 325. The molecule has 0 saturated carbocycles. The molecule has 4 heteroatoms. The molecule has 0 atom stereocenters. The second-order valence-electron chi connectivity index (χ2n) is 2.39. The Kier molecular flexibility index (Phi) is 3.64. The van der Waals surface area contributed by atoms with E-state index in [1.54, 1.807) is 18.3 Å². The van der Waals surface area contributed by atoms with E-state index in [0.717, 1.165) is 4.47 Å². The third-order valence-corrected chi connectivity index (χ3v) is 1.81. The highest BCUT2D eigenvalue weighted by Gasteiger charge is 2.03. The Morgan fingerprint density at radius 2 is 2.46 bits per heavy atom. The highest BCUT2D eigenvalue weighted by Crippen LogP contribution is 2.08. The summed E-state index contributed by atoms with van der Waals surface area (Å²) in [5.74, 6) is -0.145. The first-order valence-electron chi connectivity index (χ1n) is 3.73. The molecule has 0 unspecified atom stereocenters. The van der Waals surface area contributed by atoms with Gasteiger partial charge in [0.2, 0.25) is 0 Å². The molecule has 0 bridgehead atoms. The van der Waals surface area contributed by atoms with Crippen molar-refractivity contribution < 1.29 is 4.79 Å². The van der Waals surface area contributed by atoms with Crippen LogP contribution in [0.3, 0.4) is 0 Å². The Morgan fingerprint density at radius 3 is 3.08 bits per heavy atom. The third-order valence-electron chi connectivity index (χ3n) is 1.37. The molecule has 1 rings (SSSR count). The molecule has 68 valence electrons. The fourth-order valence-corrected chi connectivity index (χ4v) is 1.17. The van der Waals surface area contributed by atoms with Crippen LogP contribution in [-0.2, 0) is 0 Å². The summed E-state index contributed by atoms with van der Waals surface area (Å²) in [6.45, 7) is 3.97. The maximum absolute atomic E-state index is 11.3. The van der Waals surface area contributed by atoms with Gasteiger partial charge in [-0.25, -0.2) is 0 Å². The van der Waals surface area contributed by atoms with E-state index in [0.29, 0.717) is 12.1 Å². The van der Waals surface area contributed by atoms with E-state index in [-0.39, 0.29) is 5.91 Å². The van der Waals surface area contributed by atoms with Crippen LogP contribution < -0.4 is 5.32 Å². The van der Waals surface area contributed by atoms with E-state index >= 15 is 0 Å². The summed E-state index contributed by atoms with van der Waals surface area (Å²) >= 11 is 3.24. The van der Waals surface area contributed by atoms with Crippen LogP contribution in [0.2, 0.25) is 0 Å². The van der Waals surface area contributed by atoms with Crippen molar-refractivity contribution in [3.05, 3.63) is 41.2 Å². The number of carbonyl (C=O) groups is 1. The number of aromatic nitrogens is 1. The molecule has 13 heavy (non-hydrogen) atoms. The molecular formula is C9H9BrN2O. The number of halogens is 1. The van der Waals surface area contributed by atoms with Crippen LogP contribution in [0, 0.1) is 0 Å². The zero-order valence-electron chi connectivity index (χ0n) is 6.96. The topological polar surface area (TPSA) is 42.0 Å². The van der Waals surface area contributed by atoms with Crippen LogP contribution >= 0.6 is 15.9 Å². The van der Waals surface area contributed by atoms with Crippen LogP contribution in [0.5, 0.6) is 0 Å². The number of pyridine rings is 1. The molecule has 0 aliphatic heterocycles. The maximum Gasteiger partial charge on any atom is 0.253 e. The predicted molar refractivity (Wildman–Crippen MR) is 54.5 cm³/mol. The first-order chi connectivity index (χ1) is 6.24. The van der Waals surface area contributed by atoms with Crippen molar-refractivity contribution in [2.45, 2.75) is 0 Å². The monoisotopic (exact) mass is 240 g/mol. The fourth-order valence-electron chi connectivity index (χ4n) is 0.803. The Labute approximate surface area is 85.0 Å². The van der Waals surface area contributed by atoms with Gasteiger partial charge in [-0.3, -0.25) is 9.78 Å². The first kappa shape index (κ1) is 9.92. The van der Waals surface area contributed by atoms with E-state index in [1.807, 2.05) is 0 Å². The Morgan fingerprint density at radius 1 is 1.69 bits per heavy atom. The Balaban J connectivity index is 2.71. The average molecular weight is 241 g/mol. The summed E-state index contributed by atoms with van der Waals surface area (Å²) in [7, 11) is 0. The smallest absolute Gasteiger partial charge is 0.253 e. The summed E-state index contributed by atoms with van der Waals surface area (Å²) in [5.41, 5.74) is 0.538. The molecule has 1 aromatic heterocycles. The number of amides is 1. The normalized spacial score (nSPS) is 9.31. The van der Waals surface area contributed by atoms with Crippen molar-refractivity contribution >= 4 is 21.8 Å². The summed E-state index contributed by atoms with van der Waals surface area (Å²) in [6.07, 6.45) is 4.77. The van der Waals surface area contributed by atoms with Gasteiger partial charge in [0.1, 0.15) is 0 Å². The van der Waals surface area contributed by atoms with Crippen molar-refractivity contribution in [1.29, 1.82) is 0 Å². The number of carbonyl (C=O) groups excluding carboxylic acids is 1. The second-order valence-corrected chi connectivity index (χ2v) is 3.31. The molecule has 0 radical (unpaired) electrons. The van der Waals surface area contributed by atoms with E-state index < -0.39 is 0 Å². The van der Waals surface area contributed by atoms with Gasteiger partial charge >= 0.3 is 0 Å². The minimum absolute atomic E-state index is 0.145. The average Bonchev–Trinajstić information content (AvgIpc) is 2.14. The highest BCUT2D eigenvalue weighted by molar-refractivity contribution is 9.10. The summed E-state index contributed by atoms with van der Waals surface area (Å²) in [4.78, 5) is 15.2. The van der Waals surface area contributed by atoms with Gasteiger partial charge in [0.05, 0.1) is 5.56 Å². The largest absolute Gasteiger partial charge is 0.349 e. The molecule has 3 nitrogen and oxygen atoms in total. The molecule has 0 aliphatic carbocycles. The summed E-state index contributed by atoms with van der Waals surface area (Å²) in [5, 5.41) is 2.66. The van der Waals surface area contributed by atoms with Gasteiger partial charge < -0.3 is 5.32 Å². The molecule has 0 fully saturated rings. The van der Waals surface area contributed by atoms with Gasteiger partial charge in [0.15, 0.2) is 0 Å². The quantitative estimate of drug-likeness (QED) is 0.819. The lowest BCUT2D eigenvalue weighted by Gasteiger charge is -2.01. The van der Waals surface area contributed by atoms with Crippen LogP contribution in [-0.4, -0.2) is 17.4 Å². The fraction of sp³-hybridized carbons (Fsp3) is 0.111. The number of rotatable bonds is 3. The predicted octanol–water partition coefficient (Wildman–Crippen LogP) is 1.76. The Hall–Kier alpha value is -1.16. The molecular weight excluding hydrogens is 232 g/mol. The number of nitrogens with zero attached hydrogens (tertiary/aromatic N) is 1. The van der Waals surface area contributed by atoms with Crippen molar-refractivity contribution in [3.8, 4) is 0 Å². The minimum atomic E-state index is -0.145. The van der Waals surface area contributed by atoms with Crippen molar-refractivity contribution in [2.24, 2.45) is 0 Å². The lowest BCUT2D eigenvalue weighted by atomic mass is 10.3. The molecule has 1 N–H and O–H groups in total. The summed E-state index contributed by atoms with van der Waals surface area (Å²) < 4.78 is 0.791. The van der Waals surface area contributed by atoms with E-state index in [9.17, 15) is 4.79 Å². The molecule has 0 saturated heterocycles. The second kappa shape index (κ2) is 4.77. The molecule has 0 spiro atoms. The molecule has 0 aromatic carbocycles. The lowest BCUT2D eigenvalue weighted by molar-refractivity contribution is 0.0957. The van der Waals surface area contributed by atoms with Gasteiger partial charge in [-0.05, 0) is 22.0 Å². The molecule has 1 aromatic rings. The van der Waals surface area contributed by atoms with Crippen LogP contribution in [0.1, 0.15) is 10.4 Å². The van der Waals surface area contributed by atoms with Gasteiger partial charge in [0.25, 0.3) is 5.91 Å². The van der Waals surface area contributed by atoms with E-state index in [4.69, 9.17) is 0 Å². The van der Waals surface area contributed by atoms with E-state index in [1.165, 1.54) is 6.20 Å². The summed E-state index contributed by atoms with van der Waals surface area (Å²) in [6, 6.07) is 1.71. The molecule has 1 heterocycles. The number of hydrogen-bond acceptors (Lipinski definition) is 2. The van der Waals surface area contributed by atoms with E-state index in [2.05, 4.69) is 32.8 Å². The number of nitrogens with one attached hydrogen (secondary N) is 1. The zero-order valence-corrected chi connectivity index (χ0v) is 8.54. The SMILES string of the molecule is C=CCNC(=O)c1cncc(Br)c1. The van der Waals surface area contributed by atoms with Gasteiger partial charge in [0, 0.05) is 23.4 Å². The van der Waals surface area contributed by atoms with Crippen LogP contribution in [0.25, 0.3) is 0 Å². The van der Waals surface area contributed by atoms with Crippen LogP contribution in [0.4, 0.5) is 0 Å². The van der Waals surface area contributed by atoms with Crippen molar-refractivity contribution in [1.82, 2.24) is 10.3 Å². The zero-order chi connectivity index (χ0) is 9.68. The highest BCUT2D eigenvalue weighted by atomic mass is 79.9. The number of hydrogen-bond donors (Lipinski definition) is 1. The van der Waals surface area contributed by atoms with Crippen molar-refractivity contribution in [3.63, 3.8) is 0 Å². The standard InChI is InChI=1S/C9H9BrN2O/c1-2-3-12-9(13)7-4-8(10)6-11-5-7/h2,4-6H,1,3H2,(H,12,13).